The van der Waals surface area contributed by atoms with Gasteiger partial charge in [0.15, 0.2) is 11.3 Å². The summed E-state index contributed by atoms with van der Waals surface area (Å²) in [6.07, 6.45) is 4.94. The molecule has 5 aromatic rings. The van der Waals surface area contributed by atoms with Gasteiger partial charge in [0.05, 0.1) is 0 Å². The van der Waals surface area contributed by atoms with Crippen molar-refractivity contribution in [1.82, 2.24) is 29.5 Å². The summed E-state index contributed by atoms with van der Waals surface area (Å²) in [5.74, 6) is 1.32. The minimum absolute atomic E-state index is 0.245. The summed E-state index contributed by atoms with van der Waals surface area (Å²) in [7, 11) is 0. The number of aromatic nitrogens is 6. The molecular formula is C21H17N7O. The number of anilines is 2. The number of nitrogens with one attached hydrogen (secondary N) is 1. The molecule has 8 nitrogen and oxygen atoms in total. The molecule has 4 aromatic heterocycles. The first-order valence-electron chi connectivity index (χ1n) is 9.09. The molecule has 0 amide bonds. The standard InChI is InChI=1S/C21H17N7O/c1-12-6-7-16(29)13(2)18(12)15-9-14-10-23-21(26-17-5-3-4-8-22-17)27-19(14)28-20(15)24-11-25-28/h3-11,29H,1-2H3,(H,22,23,26,27). The maximum absolute atomic E-state index is 10.2. The molecule has 0 saturated carbocycles. The lowest BCUT2D eigenvalue weighted by atomic mass is 9.95. The Morgan fingerprint density at radius 3 is 2.72 bits per heavy atom. The maximum atomic E-state index is 10.2. The van der Waals surface area contributed by atoms with Crippen molar-refractivity contribution in [2.24, 2.45) is 0 Å². The summed E-state index contributed by atoms with van der Waals surface area (Å²) in [6, 6.07) is 11.2. The van der Waals surface area contributed by atoms with Crippen LogP contribution in [0.5, 0.6) is 5.75 Å². The van der Waals surface area contributed by atoms with E-state index in [4.69, 9.17) is 0 Å². The smallest absolute Gasteiger partial charge is 0.230 e. The van der Waals surface area contributed by atoms with Gasteiger partial charge in [-0.3, -0.25) is 0 Å². The minimum atomic E-state index is 0.245. The molecule has 1 aromatic carbocycles. The van der Waals surface area contributed by atoms with Gasteiger partial charge < -0.3 is 10.4 Å². The van der Waals surface area contributed by atoms with Crippen molar-refractivity contribution in [3.05, 3.63) is 66.2 Å². The third-order valence-corrected chi connectivity index (χ3v) is 4.90. The van der Waals surface area contributed by atoms with Crippen LogP contribution in [0, 0.1) is 13.8 Å². The second kappa shape index (κ2) is 6.52. The molecule has 8 heteroatoms. The van der Waals surface area contributed by atoms with Crippen LogP contribution in [0.15, 0.2) is 55.1 Å². The van der Waals surface area contributed by atoms with Crippen LogP contribution in [0.2, 0.25) is 0 Å². The molecule has 142 valence electrons. The number of pyridine rings is 2. The molecule has 5 rings (SSSR count). The molecule has 0 bridgehead atoms. The van der Waals surface area contributed by atoms with E-state index in [-0.39, 0.29) is 5.75 Å². The van der Waals surface area contributed by atoms with Crippen molar-refractivity contribution < 1.29 is 5.11 Å². The van der Waals surface area contributed by atoms with E-state index < -0.39 is 0 Å². The van der Waals surface area contributed by atoms with Crippen LogP contribution in [0.1, 0.15) is 11.1 Å². The average molecular weight is 383 g/mol. The molecule has 0 fully saturated rings. The number of hydrogen-bond donors (Lipinski definition) is 2. The molecule has 4 heterocycles. The molecular weight excluding hydrogens is 366 g/mol. The van der Waals surface area contributed by atoms with Gasteiger partial charge in [0, 0.05) is 23.3 Å². The molecule has 0 spiro atoms. The highest BCUT2D eigenvalue weighted by Crippen LogP contribution is 2.36. The van der Waals surface area contributed by atoms with Gasteiger partial charge in [0.25, 0.3) is 0 Å². The number of aryl methyl sites for hydroxylation is 1. The monoisotopic (exact) mass is 383 g/mol. The number of phenolic OH excluding ortho intramolecular Hbond substituents is 1. The van der Waals surface area contributed by atoms with Gasteiger partial charge >= 0.3 is 0 Å². The van der Waals surface area contributed by atoms with E-state index in [2.05, 4.69) is 30.4 Å². The van der Waals surface area contributed by atoms with Crippen LogP contribution < -0.4 is 5.32 Å². The summed E-state index contributed by atoms with van der Waals surface area (Å²) in [5, 5.41) is 18.5. The second-order valence-electron chi connectivity index (χ2n) is 6.77. The highest BCUT2D eigenvalue weighted by Gasteiger charge is 2.17. The Kier molecular flexibility index (Phi) is 3.83. The molecule has 0 aliphatic carbocycles. The molecule has 29 heavy (non-hydrogen) atoms. The summed E-state index contributed by atoms with van der Waals surface area (Å²) in [6.45, 7) is 3.90. The fourth-order valence-corrected chi connectivity index (χ4v) is 3.50. The van der Waals surface area contributed by atoms with Crippen molar-refractivity contribution in [2.45, 2.75) is 13.8 Å². The molecule has 0 atom stereocenters. The summed E-state index contributed by atoms with van der Waals surface area (Å²) in [4.78, 5) is 17.7. The lowest BCUT2D eigenvalue weighted by Gasteiger charge is -2.14. The van der Waals surface area contributed by atoms with E-state index in [1.54, 1.807) is 23.0 Å². The van der Waals surface area contributed by atoms with Gasteiger partial charge in [0.1, 0.15) is 17.9 Å². The molecule has 0 saturated heterocycles. The molecule has 0 aliphatic heterocycles. The largest absolute Gasteiger partial charge is 0.508 e. The van der Waals surface area contributed by atoms with Gasteiger partial charge in [0.2, 0.25) is 5.95 Å². The van der Waals surface area contributed by atoms with Crippen molar-refractivity contribution >= 4 is 28.4 Å². The Bertz CT molecular complexity index is 1360. The highest BCUT2D eigenvalue weighted by molar-refractivity contribution is 5.91. The van der Waals surface area contributed by atoms with Crippen molar-refractivity contribution in [2.75, 3.05) is 5.32 Å². The van der Waals surface area contributed by atoms with Crippen LogP contribution in [-0.2, 0) is 0 Å². The first-order chi connectivity index (χ1) is 14.1. The SMILES string of the molecule is Cc1ccc(O)c(C)c1-c1cc2cnc(Nc3ccccn3)nc2n2ncnc12. The predicted octanol–water partition coefficient (Wildman–Crippen LogP) is 3.80. The van der Waals surface area contributed by atoms with E-state index in [9.17, 15) is 5.11 Å². The Balaban J connectivity index is 1.72. The van der Waals surface area contributed by atoms with Crippen LogP contribution in [-0.4, -0.2) is 34.7 Å². The quantitative estimate of drug-likeness (QED) is 0.489. The number of fused-ring (bicyclic) bond motifs is 3. The number of aromatic hydroxyl groups is 1. The van der Waals surface area contributed by atoms with Gasteiger partial charge in [-0.05, 0) is 54.8 Å². The Labute approximate surface area is 165 Å². The fraction of sp³-hybridized carbons (Fsp3) is 0.0952. The number of phenols is 1. The van der Waals surface area contributed by atoms with E-state index in [0.29, 0.717) is 23.1 Å². The maximum Gasteiger partial charge on any atom is 0.230 e. The van der Waals surface area contributed by atoms with Gasteiger partial charge in [-0.25, -0.2) is 15.0 Å². The number of hydrogen-bond acceptors (Lipinski definition) is 7. The normalized spacial score (nSPS) is 11.2. The second-order valence-corrected chi connectivity index (χ2v) is 6.77. The zero-order chi connectivity index (χ0) is 20.0. The lowest BCUT2D eigenvalue weighted by Crippen LogP contribution is -2.03. The predicted molar refractivity (Wildman–Crippen MR) is 110 cm³/mol. The topological polar surface area (TPSA) is 101 Å². The Hall–Kier alpha value is -4.07. The molecule has 2 N–H and O–H groups in total. The van der Waals surface area contributed by atoms with E-state index >= 15 is 0 Å². The van der Waals surface area contributed by atoms with Crippen LogP contribution in [0.25, 0.3) is 27.8 Å². The summed E-state index contributed by atoms with van der Waals surface area (Å²) >= 11 is 0. The Morgan fingerprint density at radius 2 is 1.90 bits per heavy atom. The van der Waals surface area contributed by atoms with Gasteiger partial charge in [-0.15, -0.1) is 0 Å². The number of benzene rings is 1. The summed E-state index contributed by atoms with van der Waals surface area (Å²) < 4.78 is 1.69. The van der Waals surface area contributed by atoms with Crippen molar-refractivity contribution in [1.29, 1.82) is 0 Å². The van der Waals surface area contributed by atoms with Crippen LogP contribution in [0.4, 0.5) is 11.8 Å². The third kappa shape index (κ3) is 2.82. The zero-order valence-corrected chi connectivity index (χ0v) is 15.8. The average Bonchev–Trinajstić information content (AvgIpc) is 3.22. The molecule has 0 unspecified atom stereocenters. The number of nitrogens with zero attached hydrogens (tertiary/aromatic N) is 6. The summed E-state index contributed by atoms with van der Waals surface area (Å²) in [5.41, 5.74) is 4.93. The van der Waals surface area contributed by atoms with Gasteiger partial charge in [-0.1, -0.05) is 12.1 Å². The van der Waals surface area contributed by atoms with Crippen LogP contribution >= 0.6 is 0 Å². The number of rotatable bonds is 3. The highest BCUT2D eigenvalue weighted by atomic mass is 16.3. The van der Waals surface area contributed by atoms with E-state index in [1.807, 2.05) is 44.2 Å². The minimum Gasteiger partial charge on any atom is -0.508 e. The van der Waals surface area contributed by atoms with E-state index in [0.717, 1.165) is 27.6 Å². The first kappa shape index (κ1) is 17.1. The van der Waals surface area contributed by atoms with Gasteiger partial charge in [-0.2, -0.15) is 14.6 Å². The lowest BCUT2D eigenvalue weighted by molar-refractivity contribution is 0.471. The zero-order valence-electron chi connectivity index (χ0n) is 15.8. The van der Waals surface area contributed by atoms with Crippen molar-refractivity contribution in [3.8, 4) is 16.9 Å². The van der Waals surface area contributed by atoms with E-state index in [1.165, 1.54) is 6.33 Å². The van der Waals surface area contributed by atoms with Crippen LogP contribution in [0.3, 0.4) is 0 Å². The molecule has 0 aliphatic rings. The first-order valence-corrected chi connectivity index (χ1v) is 9.09. The third-order valence-electron chi connectivity index (χ3n) is 4.90. The van der Waals surface area contributed by atoms with Crippen molar-refractivity contribution in [3.63, 3.8) is 0 Å². The Morgan fingerprint density at radius 1 is 1.00 bits per heavy atom. The molecule has 0 radical (unpaired) electrons. The fourth-order valence-electron chi connectivity index (χ4n) is 3.50.